The lowest BCUT2D eigenvalue weighted by molar-refractivity contribution is 0.875. The highest BCUT2D eigenvalue weighted by atomic mass is 35.5. The Labute approximate surface area is 69.5 Å². The van der Waals surface area contributed by atoms with Crippen molar-refractivity contribution in [3.8, 4) is 0 Å². The van der Waals surface area contributed by atoms with Gasteiger partial charge in [-0.15, -0.1) is 11.8 Å². The maximum Gasteiger partial charge on any atom is 0.133 e. The number of dihydropyridines is 1. The van der Waals surface area contributed by atoms with Crippen molar-refractivity contribution in [3.05, 3.63) is 22.8 Å². The van der Waals surface area contributed by atoms with Gasteiger partial charge in [-0.25, -0.2) is 0 Å². The lowest BCUT2D eigenvalue weighted by atomic mass is 10.1. The zero-order valence-corrected chi connectivity index (χ0v) is 7.00. The first kappa shape index (κ1) is 6.62. The molecule has 2 heterocycles. The molecule has 0 spiro atoms. The van der Waals surface area contributed by atoms with Gasteiger partial charge in [0.05, 0.1) is 0 Å². The van der Waals surface area contributed by atoms with Crippen molar-refractivity contribution in [1.82, 2.24) is 5.32 Å². The van der Waals surface area contributed by atoms with Crippen LogP contribution in [-0.2, 0) is 0 Å². The number of hydrogen-bond donors (Lipinski definition) is 1. The molecule has 1 unspecified atom stereocenters. The van der Waals surface area contributed by atoms with E-state index in [2.05, 4.69) is 11.4 Å². The van der Waals surface area contributed by atoms with Crippen molar-refractivity contribution in [2.45, 2.75) is 11.9 Å². The van der Waals surface area contributed by atoms with Gasteiger partial charge in [0, 0.05) is 10.7 Å². The number of halogens is 1. The second-order valence-electron chi connectivity index (χ2n) is 2.35. The van der Waals surface area contributed by atoms with Gasteiger partial charge >= 0.3 is 0 Å². The van der Waals surface area contributed by atoms with Crippen LogP contribution in [-0.4, -0.2) is 11.3 Å². The van der Waals surface area contributed by atoms with E-state index in [1.165, 1.54) is 22.7 Å². The Balaban J connectivity index is 2.30. The highest BCUT2D eigenvalue weighted by Gasteiger charge is 2.21. The van der Waals surface area contributed by atoms with Crippen molar-refractivity contribution >= 4 is 23.4 Å². The Bertz CT molecular complexity index is 210. The van der Waals surface area contributed by atoms with Crippen LogP contribution in [0.25, 0.3) is 0 Å². The van der Waals surface area contributed by atoms with E-state index < -0.39 is 0 Å². The summed E-state index contributed by atoms with van der Waals surface area (Å²) in [6.07, 6.45) is 5.23. The Kier molecular flexibility index (Phi) is 1.66. The molecular weight excluding hydrogens is 166 g/mol. The van der Waals surface area contributed by atoms with Crippen LogP contribution in [0.1, 0.15) is 6.42 Å². The second kappa shape index (κ2) is 2.51. The third kappa shape index (κ3) is 0.956. The van der Waals surface area contributed by atoms with Gasteiger partial charge in [-0.1, -0.05) is 11.6 Å². The molecule has 2 aliphatic rings. The molecule has 0 aromatic carbocycles. The van der Waals surface area contributed by atoms with Crippen LogP contribution in [0.5, 0.6) is 0 Å². The summed E-state index contributed by atoms with van der Waals surface area (Å²) in [6.45, 7) is 0. The molecule has 0 radical (unpaired) electrons. The maximum atomic E-state index is 5.98. The first-order valence-corrected chi connectivity index (χ1v) is 4.72. The molecule has 0 fully saturated rings. The number of alkyl halides is 1. The predicted molar refractivity (Wildman–Crippen MR) is 46.0 cm³/mol. The van der Waals surface area contributed by atoms with Gasteiger partial charge in [0.15, 0.2) is 0 Å². The second-order valence-corrected chi connectivity index (χ2v) is 3.92. The summed E-state index contributed by atoms with van der Waals surface area (Å²) in [5, 5.41) is 3.06. The topological polar surface area (TPSA) is 12.0 Å². The summed E-state index contributed by atoms with van der Waals surface area (Å²) in [4.78, 5) is 1.32. The average Bonchev–Trinajstić information content (AvgIpc) is 2.36. The van der Waals surface area contributed by atoms with E-state index in [9.17, 15) is 0 Å². The minimum atomic E-state index is 0.0347. The van der Waals surface area contributed by atoms with Crippen LogP contribution in [0.15, 0.2) is 22.8 Å². The van der Waals surface area contributed by atoms with E-state index in [4.69, 9.17) is 11.6 Å². The third-order valence-electron chi connectivity index (χ3n) is 1.70. The van der Waals surface area contributed by atoms with Crippen molar-refractivity contribution in [3.63, 3.8) is 0 Å². The third-order valence-corrected chi connectivity index (χ3v) is 3.39. The van der Waals surface area contributed by atoms with Gasteiger partial charge in [-0.05, 0) is 24.3 Å². The Hall–Kier alpha value is -0.0800. The molecule has 1 N–H and O–H groups in total. The van der Waals surface area contributed by atoms with Crippen LogP contribution >= 0.6 is 23.4 Å². The van der Waals surface area contributed by atoms with Crippen molar-refractivity contribution in [1.29, 1.82) is 0 Å². The van der Waals surface area contributed by atoms with Crippen molar-refractivity contribution < 1.29 is 0 Å². The molecule has 1 nitrogen and oxygen atoms in total. The zero-order valence-electron chi connectivity index (χ0n) is 5.43. The van der Waals surface area contributed by atoms with Gasteiger partial charge < -0.3 is 5.32 Å². The molecule has 0 amide bonds. The predicted octanol–water partition coefficient (Wildman–Crippen LogP) is 2.06. The average molecular weight is 174 g/mol. The van der Waals surface area contributed by atoms with Gasteiger partial charge in [0.2, 0.25) is 0 Å². The fourth-order valence-electron chi connectivity index (χ4n) is 1.20. The van der Waals surface area contributed by atoms with Crippen LogP contribution in [0.2, 0.25) is 0 Å². The lowest BCUT2D eigenvalue weighted by Crippen LogP contribution is -2.21. The highest BCUT2D eigenvalue weighted by molar-refractivity contribution is 8.03. The zero-order chi connectivity index (χ0) is 6.97. The van der Waals surface area contributed by atoms with Gasteiger partial charge in [0.1, 0.15) is 5.50 Å². The summed E-state index contributed by atoms with van der Waals surface area (Å²) in [5.74, 6) is 1.19. The molecule has 0 aliphatic carbocycles. The number of thioether (sulfide) groups is 1. The van der Waals surface area contributed by atoms with E-state index in [1.807, 2.05) is 18.0 Å². The number of nitrogens with one attached hydrogen (secondary N) is 1. The molecule has 3 heteroatoms. The monoisotopic (exact) mass is 173 g/mol. The number of hydrogen-bond acceptors (Lipinski definition) is 2. The first-order chi connectivity index (χ1) is 4.88. The summed E-state index contributed by atoms with van der Waals surface area (Å²) >= 11 is 7.84. The maximum absolute atomic E-state index is 5.98. The molecule has 0 aromatic rings. The molecule has 0 bridgehead atoms. The van der Waals surface area contributed by atoms with Gasteiger partial charge in [-0.2, -0.15) is 0 Å². The molecule has 0 saturated carbocycles. The van der Waals surface area contributed by atoms with Crippen LogP contribution in [0.3, 0.4) is 0 Å². The van der Waals surface area contributed by atoms with Gasteiger partial charge in [-0.3, -0.25) is 0 Å². The minimum absolute atomic E-state index is 0.0347. The lowest BCUT2D eigenvalue weighted by Gasteiger charge is -2.15. The highest BCUT2D eigenvalue weighted by Crippen LogP contribution is 2.37. The van der Waals surface area contributed by atoms with E-state index in [0.717, 1.165) is 0 Å². The molecule has 0 aromatic heterocycles. The molecule has 2 aliphatic heterocycles. The Morgan fingerprint density at radius 3 is 3.40 bits per heavy atom. The smallest absolute Gasteiger partial charge is 0.133 e. The van der Waals surface area contributed by atoms with Crippen LogP contribution in [0.4, 0.5) is 0 Å². The fourth-order valence-corrected chi connectivity index (χ4v) is 2.71. The SMILES string of the molecule is ClC1NC=CC2=C1SCC2. The van der Waals surface area contributed by atoms with E-state index in [-0.39, 0.29) is 5.50 Å². The van der Waals surface area contributed by atoms with Crippen molar-refractivity contribution in [2.24, 2.45) is 0 Å². The molecular formula is C7H8ClNS. The Morgan fingerprint density at radius 2 is 2.60 bits per heavy atom. The minimum Gasteiger partial charge on any atom is -0.371 e. The molecule has 0 saturated heterocycles. The van der Waals surface area contributed by atoms with Crippen LogP contribution in [0, 0.1) is 0 Å². The van der Waals surface area contributed by atoms with E-state index >= 15 is 0 Å². The standard InChI is InChI=1S/C7H8ClNS/c8-7-6-5(1-3-9-7)2-4-10-6/h1,3,7,9H,2,4H2. The summed E-state index contributed by atoms with van der Waals surface area (Å²) in [7, 11) is 0. The number of rotatable bonds is 0. The largest absolute Gasteiger partial charge is 0.371 e. The molecule has 1 atom stereocenters. The van der Waals surface area contributed by atoms with Crippen molar-refractivity contribution in [2.75, 3.05) is 5.75 Å². The summed E-state index contributed by atoms with van der Waals surface area (Å²) in [5.41, 5.74) is 1.45. The molecule has 54 valence electrons. The Morgan fingerprint density at radius 1 is 1.70 bits per heavy atom. The van der Waals surface area contributed by atoms with Gasteiger partial charge in [0.25, 0.3) is 0 Å². The van der Waals surface area contributed by atoms with E-state index in [1.54, 1.807) is 0 Å². The summed E-state index contributed by atoms with van der Waals surface area (Å²) in [6, 6.07) is 0. The molecule has 10 heavy (non-hydrogen) atoms. The normalized spacial score (nSPS) is 30.3. The van der Waals surface area contributed by atoms with E-state index in [0.29, 0.717) is 0 Å². The summed E-state index contributed by atoms with van der Waals surface area (Å²) < 4.78 is 0. The first-order valence-electron chi connectivity index (χ1n) is 3.30. The van der Waals surface area contributed by atoms with Crippen LogP contribution < -0.4 is 5.32 Å². The number of allylic oxidation sites excluding steroid dienone is 2. The molecule has 2 rings (SSSR count). The quantitative estimate of drug-likeness (QED) is 0.445. The fraction of sp³-hybridized carbons (Fsp3) is 0.429.